The molecule has 5 heteroatoms. The van der Waals surface area contributed by atoms with E-state index in [0.717, 1.165) is 26.5 Å². The lowest BCUT2D eigenvalue weighted by Gasteiger charge is -2.03. The average Bonchev–Trinajstić information content (AvgIpc) is 2.84. The quantitative estimate of drug-likeness (QED) is 0.688. The molecule has 92 valence electrons. The normalized spacial score (nSPS) is 10.5. The van der Waals surface area contributed by atoms with Gasteiger partial charge in [-0.3, -0.25) is 0 Å². The molecule has 2 heterocycles. The van der Waals surface area contributed by atoms with Crippen LogP contribution in [0.1, 0.15) is 11.1 Å². The first kappa shape index (κ1) is 11.6. The Bertz CT molecular complexity index is 814. The number of hydrogen-bond acceptors (Lipinski definition) is 5. The van der Waals surface area contributed by atoms with Crippen LogP contribution in [0.5, 0.6) is 0 Å². The molecule has 1 aromatic carbocycles. The zero-order valence-corrected chi connectivity index (χ0v) is 11.0. The lowest BCUT2D eigenvalue weighted by Crippen LogP contribution is -1.92. The van der Waals surface area contributed by atoms with Gasteiger partial charge >= 0.3 is 0 Å². The molecule has 0 saturated carbocycles. The van der Waals surface area contributed by atoms with Crippen molar-refractivity contribution in [3.63, 3.8) is 0 Å². The van der Waals surface area contributed by atoms with Gasteiger partial charge in [0.25, 0.3) is 0 Å². The molecule has 0 amide bonds. The maximum absolute atomic E-state index is 5.80. The van der Waals surface area contributed by atoms with Crippen LogP contribution in [0, 0.1) is 19.3 Å². The van der Waals surface area contributed by atoms with Crippen LogP contribution in [-0.4, -0.2) is 15.0 Å². The van der Waals surface area contributed by atoms with Gasteiger partial charge in [-0.15, -0.1) is 6.42 Å². The van der Waals surface area contributed by atoms with Crippen LogP contribution in [0.15, 0.2) is 24.5 Å². The third kappa shape index (κ3) is 1.83. The Hall–Kier alpha value is -2.45. The van der Waals surface area contributed by atoms with Crippen molar-refractivity contribution < 1.29 is 0 Å². The van der Waals surface area contributed by atoms with Crippen LogP contribution in [0.4, 0.5) is 5.82 Å². The topological polar surface area (TPSA) is 64.7 Å². The summed E-state index contributed by atoms with van der Waals surface area (Å²) in [6.07, 6.45) is 6.94. The Morgan fingerprint density at radius 1 is 1.32 bits per heavy atom. The first-order chi connectivity index (χ1) is 9.20. The number of rotatable bonds is 1. The molecule has 3 aromatic rings. The van der Waals surface area contributed by atoms with Crippen molar-refractivity contribution in [2.75, 3.05) is 5.73 Å². The third-order valence-electron chi connectivity index (χ3n) is 2.94. The molecule has 19 heavy (non-hydrogen) atoms. The highest BCUT2D eigenvalue weighted by Gasteiger charge is 2.12. The van der Waals surface area contributed by atoms with Gasteiger partial charge < -0.3 is 5.73 Å². The number of hydrogen-bond donors (Lipinski definition) is 1. The number of anilines is 1. The number of nitrogens with two attached hydrogens (primary N) is 1. The maximum atomic E-state index is 5.80. The van der Waals surface area contributed by atoms with E-state index in [4.69, 9.17) is 12.2 Å². The Labute approximate surface area is 114 Å². The van der Waals surface area contributed by atoms with Crippen molar-refractivity contribution in [1.29, 1.82) is 0 Å². The minimum Gasteiger partial charge on any atom is -0.382 e. The minimum absolute atomic E-state index is 0.401. The van der Waals surface area contributed by atoms with Gasteiger partial charge in [0.1, 0.15) is 21.7 Å². The largest absolute Gasteiger partial charge is 0.382 e. The van der Waals surface area contributed by atoms with Crippen molar-refractivity contribution in [2.24, 2.45) is 0 Å². The van der Waals surface area contributed by atoms with E-state index in [-0.39, 0.29) is 0 Å². The summed E-state index contributed by atoms with van der Waals surface area (Å²) in [5.74, 6) is 3.08. The van der Waals surface area contributed by atoms with Crippen LogP contribution < -0.4 is 5.73 Å². The highest BCUT2D eigenvalue weighted by molar-refractivity contribution is 7.21. The Morgan fingerprint density at radius 2 is 2.16 bits per heavy atom. The smallest absolute Gasteiger partial charge is 0.154 e. The van der Waals surface area contributed by atoms with Gasteiger partial charge in [0.15, 0.2) is 5.82 Å². The zero-order valence-electron chi connectivity index (χ0n) is 10.2. The molecule has 4 nitrogen and oxygen atoms in total. The number of aromatic nitrogens is 3. The van der Waals surface area contributed by atoms with Crippen molar-refractivity contribution in [1.82, 2.24) is 15.0 Å². The molecule has 0 atom stereocenters. The third-order valence-corrected chi connectivity index (χ3v) is 3.94. The molecule has 0 spiro atoms. The van der Waals surface area contributed by atoms with E-state index in [0.29, 0.717) is 11.3 Å². The Kier molecular flexibility index (Phi) is 2.65. The lowest BCUT2D eigenvalue weighted by molar-refractivity contribution is 1.23. The molecule has 0 aliphatic carbocycles. The van der Waals surface area contributed by atoms with Crippen LogP contribution >= 0.6 is 11.3 Å². The first-order valence-corrected chi connectivity index (χ1v) is 6.46. The summed E-state index contributed by atoms with van der Waals surface area (Å²) < 4.78 is 0. The number of nitrogen functional groups attached to an aromatic ring is 1. The predicted octanol–water partition coefficient (Wildman–Crippen LogP) is 2.63. The van der Waals surface area contributed by atoms with Crippen LogP contribution in [0.3, 0.4) is 0 Å². The zero-order chi connectivity index (χ0) is 13.4. The van der Waals surface area contributed by atoms with Gasteiger partial charge in [-0.25, -0.2) is 15.0 Å². The van der Waals surface area contributed by atoms with Gasteiger partial charge in [-0.1, -0.05) is 29.4 Å². The second kappa shape index (κ2) is 4.34. The van der Waals surface area contributed by atoms with Gasteiger partial charge in [0.2, 0.25) is 0 Å². The molecule has 2 aromatic heterocycles. The first-order valence-electron chi connectivity index (χ1n) is 5.64. The fourth-order valence-electron chi connectivity index (χ4n) is 1.91. The van der Waals surface area contributed by atoms with Crippen LogP contribution in [0.2, 0.25) is 0 Å². The molecular weight excluding hydrogens is 256 g/mol. The number of benzene rings is 1. The summed E-state index contributed by atoms with van der Waals surface area (Å²) in [5, 5.41) is 0.858. The highest BCUT2D eigenvalue weighted by Crippen LogP contribution is 2.33. The summed E-state index contributed by atoms with van der Waals surface area (Å²) in [5.41, 5.74) is 9.37. The molecule has 0 aliphatic heterocycles. The lowest BCUT2D eigenvalue weighted by atomic mass is 10.0. The molecule has 0 fully saturated rings. The number of fused-ring (bicyclic) bond motifs is 1. The summed E-state index contributed by atoms with van der Waals surface area (Å²) in [4.78, 5) is 13.4. The van der Waals surface area contributed by atoms with E-state index < -0.39 is 0 Å². The molecule has 0 unspecified atom stereocenters. The molecule has 0 saturated heterocycles. The van der Waals surface area contributed by atoms with E-state index in [1.165, 1.54) is 17.7 Å². The monoisotopic (exact) mass is 266 g/mol. The summed E-state index contributed by atoms with van der Waals surface area (Å²) in [6, 6.07) is 5.84. The van der Waals surface area contributed by atoms with Crippen LogP contribution in [0.25, 0.3) is 20.9 Å². The second-order valence-corrected chi connectivity index (χ2v) is 5.03. The molecule has 0 radical (unpaired) electrons. The fourth-order valence-corrected chi connectivity index (χ4v) is 2.91. The number of thiazole rings is 1. The molecule has 2 N–H and O–H groups in total. The van der Waals surface area contributed by atoms with Gasteiger partial charge in [0, 0.05) is 11.1 Å². The Balaban J connectivity index is 2.26. The molecule has 0 bridgehead atoms. The van der Waals surface area contributed by atoms with Gasteiger partial charge in [0.05, 0.1) is 0 Å². The van der Waals surface area contributed by atoms with Crippen molar-refractivity contribution >= 4 is 27.5 Å². The highest BCUT2D eigenvalue weighted by atomic mass is 32.1. The van der Waals surface area contributed by atoms with E-state index in [1.807, 2.05) is 25.1 Å². The van der Waals surface area contributed by atoms with Crippen molar-refractivity contribution in [2.45, 2.75) is 6.92 Å². The fraction of sp³-hybridized carbons (Fsp3) is 0.0714. The summed E-state index contributed by atoms with van der Waals surface area (Å²) in [6.45, 7) is 1.99. The van der Waals surface area contributed by atoms with E-state index in [2.05, 4.69) is 20.9 Å². The maximum Gasteiger partial charge on any atom is 0.154 e. The SMILES string of the molecule is C#Cc1cccc(-c2nc3c(N)ncnc3s2)c1C. The average molecular weight is 266 g/mol. The van der Waals surface area contributed by atoms with Crippen molar-refractivity contribution in [3.8, 4) is 22.9 Å². The Morgan fingerprint density at radius 3 is 2.89 bits per heavy atom. The van der Waals surface area contributed by atoms with E-state index >= 15 is 0 Å². The number of terminal acetylenes is 1. The number of nitrogens with zero attached hydrogens (tertiary/aromatic N) is 3. The standard InChI is InChI=1S/C14H10N4S/c1-3-9-5-4-6-10(8(9)2)13-18-11-12(15)16-7-17-14(11)19-13/h1,4-7H,2H3,(H2,15,16,17). The summed E-state index contributed by atoms with van der Waals surface area (Å²) >= 11 is 1.49. The van der Waals surface area contributed by atoms with E-state index in [9.17, 15) is 0 Å². The predicted molar refractivity (Wildman–Crippen MR) is 77.7 cm³/mol. The molecule has 0 aliphatic rings. The van der Waals surface area contributed by atoms with Gasteiger partial charge in [-0.2, -0.15) is 0 Å². The summed E-state index contributed by atoms with van der Waals surface area (Å²) in [7, 11) is 0. The minimum atomic E-state index is 0.401. The van der Waals surface area contributed by atoms with Gasteiger partial charge in [-0.05, 0) is 18.6 Å². The molecular formula is C14H10N4S. The van der Waals surface area contributed by atoms with Crippen molar-refractivity contribution in [3.05, 3.63) is 35.7 Å². The van der Waals surface area contributed by atoms with E-state index in [1.54, 1.807) is 0 Å². The second-order valence-electron chi connectivity index (χ2n) is 4.05. The van der Waals surface area contributed by atoms with Crippen LogP contribution in [-0.2, 0) is 0 Å². The molecule has 3 rings (SSSR count).